The van der Waals surface area contributed by atoms with E-state index in [-0.39, 0.29) is 17.6 Å². The van der Waals surface area contributed by atoms with Crippen LogP contribution in [0.3, 0.4) is 0 Å². The number of benzene rings is 1. The number of nitrogens with zero attached hydrogens (tertiary/aromatic N) is 1. The maximum absolute atomic E-state index is 10.9. The highest BCUT2D eigenvalue weighted by Gasteiger charge is 2.50. The van der Waals surface area contributed by atoms with E-state index < -0.39 is 5.60 Å². The Morgan fingerprint density at radius 2 is 1.83 bits per heavy atom. The lowest BCUT2D eigenvalue weighted by atomic mass is 9.65. The molecule has 0 saturated carbocycles. The van der Waals surface area contributed by atoms with Crippen molar-refractivity contribution in [2.45, 2.75) is 68.9 Å². The predicted octanol–water partition coefficient (Wildman–Crippen LogP) is 3.10. The zero-order valence-electron chi connectivity index (χ0n) is 14.6. The summed E-state index contributed by atoms with van der Waals surface area (Å²) in [6, 6.07) is 10.9. The number of hydrogen-bond donors (Lipinski definition) is 2. The molecule has 2 aliphatic heterocycles. The van der Waals surface area contributed by atoms with Crippen molar-refractivity contribution in [2.24, 2.45) is 0 Å². The molecule has 0 spiro atoms. The molecule has 1 aromatic rings. The van der Waals surface area contributed by atoms with Crippen LogP contribution in [0, 0.1) is 0 Å². The molecule has 3 atom stereocenters. The average molecular weight is 317 g/mol. The molecule has 2 fully saturated rings. The van der Waals surface area contributed by atoms with Gasteiger partial charge in [0.1, 0.15) is 0 Å². The van der Waals surface area contributed by atoms with E-state index in [1.807, 2.05) is 0 Å². The number of fused-ring (bicyclic) bond motifs is 1. The van der Waals surface area contributed by atoms with E-state index in [0.29, 0.717) is 6.42 Å². The second-order valence-electron chi connectivity index (χ2n) is 8.32. The highest BCUT2D eigenvalue weighted by Crippen LogP contribution is 2.47. The van der Waals surface area contributed by atoms with Gasteiger partial charge in [0.05, 0.1) is 5.60 Å². The highest BCUT2D eigenvalue weighted by molar-refractivity contribution is 5.27. The SMILES string of the molecule is CC1(c2ccccc2)CCC2(C)CC(O)(CCCO)CCN2C1. The fourth-order valence-corrected chi connectivity index (χ4v) is 4.78. The Bertz CT molecular complexity index is 534. The van der Waals surface area contributed by atoms with Gasteiger partial charge >= 0.3 is 0 Å². The first-order valence-electron chi connectivity index (χ1n) is 9.03. The fourth-order valence-electron chi connectivity index (χ4n) is 4.78. The summed E-state index contributed by atoms with van der Waals surface area (Å²) in [4.78, 5) is 2.61. The Hall–Kier alpha value is -0.900. The molecular weight excluding hydrogens is 286 g/mol. The molecule has 2 saturated heterocycles. The molecule has 2 heterocycles. The Morgan fingerprint density at radius 1 is 1.09 bits per heavy atom. The van der Waals surface area contributed by atoms with Crippen LogP contribution in [0.4, 0.5) is 0 Å². The molecule has 128 valence electrons. The summed E-state index contributed by atoms with van der Waals surface area (Å²) in [5, 5.41) is 20.0. The predicted molar refractivity (Wildman–Crippen MR) is 93.5 cm³/mol. The topological polar surface area (TPSA) is 43.7 Å². The van der Waals surface area contributed by atoms with Gasteiger partial charge in [-0.15, -0.1) is 0 Å². The van der Waals surface area contributed by atoms with Gasteiger partial charge in [-0.05, 0) is 51.0 Å². The van der Waals surface area contributed by atoms with Crippen LogP contribution in [0.15, 0.2) is 30.3 Å². The smallest absolute Gasteiger partial charge is 0.0678 e. The normalized spacial score (nSPS) is 38.3. The second-order valence-corrected chi connectivity index (χ2v) is 8.32. The molecule has 3 unspecified atom stereocenters. The second kappa shape index (κ2) is 6.19. The van der Waals surface area contributed by atoms with E-state index in [9.17, 15) is 5.11 Å². The minimum atomic E-state index is -0.589. The van der Waals surface area contributed by atoms with Crippen LogP contribution in [-0.2, 0) is 5.41 Å². The average Bonchev–Trinajstić information content (AvgIpc) is 2.55. The minimum absolute atomic E-state index is 0.0940. The largest absolute Gasteiger partial charge is 0.396 e. The molecule has 2 aliphatic rings. The summed E-state index contributed by atoms with van der Waals surface area (Å²) < 4.78 is 0. The first kappa shape index (κ1) is 16.9. The number of aliphatic hydroxyl groups is 2. The molecule has 2 N–H and O–H groups in total. The molecule has 23 heavy (non-hydrogen) atoms. The van der Waals surface area contributed by atoms with Crippen molar-refractivity contribution in [3.8, 4) is 0 Å². The van der Waals surface area contributed by atoms with E-state index in [4.69, 9.17) is 5.11 Å². The van der Waals surface area contributed by atoms with E-state index >= 15 is 0 Å². The third-order valence-electron chi connectivity index (χ3n) is 6.35. The molecule has 0 bridgehead atoms. The van der Waals surface area contributed by atoms with Gasteiger partial charge in [-0.1, -0.05) is 37.3 Å². The van der Waals surface area contributed by atoms with E-state index in [1.165, 1.54) is 12.0 Å². The number of aliphatic hydroxyl groups excluding tert-OH is 1. The lowest BCUT2D eigenvalue weighted by Gasteiger charge is -2.57. The lowest BCUT2D eigenvalue weighted by molar-refractivity contribution is -0.112. The summed E-state index contributed by atoms with van der Waals surface area (Å²) in [5.74, 6) is 0. The van der Waals surface area contributed by atoms with Crippen LogP contribution in [0.2, 0.25) is 0 Å². The first-order valence-corrected chi connectivity index (χ1v) is 9.03. The Labute approximate surface area is 140 Å². The summed E-state index contributed by atoms with van der Waals surface area (Å²) in [6.45, 7) is 6.91. The monoisotopic (exact) mass is 317 g/mol. The number of piperidine rings is 2. The zero-order chi connectivity index (χ0) is 16.6. The zero-order valence-corrected chi connectivity index (χ0v) is 14.6. The molecule has 3 rings (SSSR count). The lowest BCUT2D eigenvalue weighted by Crippen LogP contribution is -2.63. The molecule has 0 amide bonds. The van der Waals surface area contributed by atoms with Crippen LogP contribution in [-0.4, -0.2) is 45.9 Å². The molecule has 3 nitrogen and oxygen atoms in total. The Balaban J connectivity index is 1.74. The van der Waals surface area contributed by atoms with Gasteiger partial charge in [0, 0.05) is 30.7 Å². The van der Waals surface area contributed by atoms with E-state index in [1.54, 1.807) is 0 Å². The van der Waals surface area contributed by atoms with Crippen molar-refractivity contribution in [3.63, 3.8) is 0 Å². The molecule has 3 heteroatoms. The van der Waals surface area contributed by atoms with Crippen LogP contribution in [0.5, 0.6) is 0 Å². The third kappa shape index (κ3) is 3.33. The van der Waals surface area contributed by atoms with Gasteiger partial charge < -0.3 is 10.2 Å². The van der Waals surface area contributed by atoms with Crippen molar-refractivity contribution in [1.82, 2.24) is 4.90 Å². The van der Waals surface area contributed by atoms with E-state index in [2.05, 4.69) is 49.1 Å². The highest BCUT2D eigenvalue weighted by atomic mass is 16.3. The summed E-state index contributed by atoms with van der Waals surface area (Å²) >= 11 is 0. The molecule has 1 aromatic carbocycles. The van der Waals surface area contributed by atoms with Crippen molar-refractivity contribution in [3.05, 3.63) is 35.9 Å². The van der Waals surface area contributed by atoms with Crippen LogP contribution < -0.4 is 0 Å². The van der Waals surface area contributed by atoms with Gasteiger partial charge in [0.15, 0.2) is 0 Å². The van der Waals surface area contributed by atoms with Crippen LogP contribution >= 0.6 is 0 Å². The van der Waals surface area contributed by atoms with Gasteiger partial charge in [-0.2, -0.15) is 0 Å². The summed E-state index contributed by atoms with van der Waals surface area (Å²) in [7, 11) is 0. The quantitative estimate of drug-likeness (QED) is 0.897. The Morgan fingerprint density at radius 3 is 2.52 bits per heavy atom. The van der Waals surface area contributed by atoms with E-state index in [0.717, 1.165) is 38.8 Å². The summed E-state index contributed by atoms with van der Waals surface area (Å²) in [6.07, 6.45) is 5.38. The van der Waals surface area contributed by atoms with Crippen LogP contribution in [0.25, 0.3) is 0 Å². The van der Waals surface area contributed by atoms with Crippen molar-refractivity contribution >= 4 is 0 Å². The van der Waals surface area contributed by atoms with Crippen molar-refractivity contribution in [1.29, 1.82) is 0 Å². The van der Waals surface area contributed by atoms with Gasteiger partial charge in [-0.3, -0.25) is 4.90 Å². The van der Waals surface area contributed by atoms with Crippen molar-refractivity contribution < 1.29 is 10.2 Å². The molecular formula is C20H31NO2. The first-order chi connectivity index (χ1) is 10.9. The van der Waals surface area contributed by atoms with Crippen molar-refractivity contribution in [2.75, 3.05) is 19.7 Å². The fraction of sp³-hybridized carbons (Fsp3) is 0.700. The molecule has 0 aromatic heterocycles. The Kier molecular flexibility index (Phi) is 4.56. The molecule has 0 radical (unpaired) electrons. The number of hydrogen-bond acceptors (Lipinski definition) is 3. The van der Waals surface area contributed by atoms with Gasteiger partial charge in [0.2, 0.25) is 0 Å². The van der Waals surface area contributed by atoms with Gasteiger partial charge in [-0.25, -0.2) is 0 Å². The van der Waals surface area contributed by atoms with Gasteiger partial charge in [0.25, 0.3) is 0 Å². The number of rotatable bonds is 4. The maximum atomic E-state index is 10.9. The standard InChI is InChI=1S/C20H31NO2/c1-18(17-7-4-3-5-8-17)10-11-19(2)15-20(23,9-6-14-22)12-13-21(19)16-18/h3-5,7-8,22-23H,6,9-16H2,1-2H3. The summed E-state index contributed by atoms with van der Waals surface area (Å²) in [5.41, 5.74) is 1.15. The maximum Gasteiger partial charge on any atom is 0.0678 e. The third-order valence-corrected chi connectivity index (χ3v) is 6.35. The van der Waals surface area contributed by atoms with Crippen LogP contribution in [0.1, 0.15) is 57.9 Å². The minimum Gasteiger partial charge on any atom is -0.396 e. The molecule has 0 aliphatic carbocycles.